The Bertz CT molecular complexity index is 2000. The smallest absolute Gasteiger partial charge is 0.0547 e. The molecule has 0 aliphatic heterocycles. The second kappa shape index (κ2) is 8.44. The molecule has 0 fully saturated rings. The molecule has 0 amide bonds. The first kappa shape index (κ1) is 21.9. The molecule has 8 rings (SSSR count). The van der Waals surface area contributed by atoms with Gasteiger partial charge in [-0.05, 0) is 86.5 Å². The SMILES string of the molecule is C=C1c2ccccc2-c2cc3c4ccccc4n(-c4cc(-c5ccccc5)cc(-c5ccccc5)c4)c3cc21. The van der Waals surface area contributed by atoms with Crippen LogP contribution in [0.25, 0.3) is 66.4 Å². The largest absolute Gasteiger partial charge is 0.309 e. The van der Waals surface area contributed by atoms with Gasteiger partial charge in [0.25, 0.3) is 0 Å². The van der Waals surface area contributed by atoms with Crippen LogP contribution in [0.3, 0.4) is 0 Å². The van der Waals surface area contributed by atoms with Crippen molar-refractivity contribution in [1.82, 2.24) is 4.57 Å². The molecule has 0 bridgehead atoms. The molecule has 0 N–H and O–H groups in total. The molecule has 1 aliphatic rings. The van der Waals surface area contributed by atoms with Gasteiger partial charge >= 0.3 is 0 Å². The van der Waals surface area contributed by atoms with E-state index in [9.17, 15) is 0 Å². The molecular weight excluding hydrogens is 470 g/mol. The van der Waals surface area contributed by atoms with E-state index in [-0.39, 0.29) is 0 Å². The Morgan fingerprint density at radius 3 is 1.67 bits per heavy atom. The fourth-order valence-corrected chi connectivity index (χ4v) is 6.23. The Hall–Kier alpha value is -5.14. The molecule has 39 heavy (non-hydrogen) atoms. The lowest BCUT2D eigenvalue weighted by Crippen LogP contribution is -1.96. The maximum absolute atomic E-state index is 4.50. The fraction of sp³-hybridized carbons (Fsp3) is 0. The topological polar surface area (TPSA) is 4.93 Å². The number of hydrogen-bond donors (Lipinski definition) is 0. The van der Waals surface area contributed by atoms with E-state index in [1.807, 2.05) is 0 Å². The lowest BCUT2D eigenvalue weighted by molar-refractivity contribution is 1.18. The van der Waals surface area contributed by atoms with Crippen LogP contribution in [0.5, 0.6) is 0 Å². The van der Waals surface area contributed by atoms with E-state index in [4.69, 9.17) is 0 Å². The van der Waals surface area contributed by atoms with Crippen LogP contribution < -0.4 is 0 Å². The number of benzene rings is 6. The zero-order valence-electron chi connectivity index (χ0n) is 21.4. The Morgan fingerprint density at radius 2 is 0.974 bits per heavy atom. The minimum atomic E-state index is 1.10. The third-order valence-electron chi connectivity index (χ3n) is 8.07. The van der Waals surface area contributed by atoms with E-state index in [1.54, 1.807) is 0 Å². The van der Waals surface area contributed by atoms with Gasteiger partial charge in [0.1, 0.15) is 0 Å². The predicted octanol–water partition coefficient (Wildman–Crippen LogP) is 10.2. The van der Waals surface area contributed by atoms with Crippen LogP contribution in [0.2, 0.25) is 0 Å². The molecule has 6 aromatic carbocycles. The van der Waals surface area contributed by atoms with Crippen molar-refractivity contribution in [1.29, 1.82) is 0 Å². The molecule has 0 saturated heterocycles. The number of fused-ring (bicyclic) bond motifs is 6. The molecule has 1 aliphatic carbocycles. The van der Waals surface area contributed by atoms with Crippen LogP contribution in [0.4, 0.5) is 0 Å². The van der Waals surface area contributed by atoms with Gasteiger partial charge in [-0.25, -0.2) is 0 Å². The minimum Gasteiger partial charge on any atom is -0.309 e. The zero-order valence-corrected chi connectivity index (χ0v) is 21.4. The normalized spacial score (nSPS) is 12.2. The maximum atomic E-state index is 4.50. The van der Waals surface area contributed by atoms with Crippen molar-refractivity contribution in [2.45, 2.75) is 0 Å². The van der Waals surface area contributed by atoms with Crippen molar-refractivity contribution in [2.75, 3.05) is 0 Å². The maximum Gasteiger partial charge on any atom is 0.0547 e. The third-order valence-corrected chi connectivity index (χ3v) is 8.07. The van der Waals surface area contributed by atoms with E-state index in [0.29, 0.717) is 0 Å². The van der Waals surface area contributed by atoms with Crippen molar-refractivity contribution in [3.05, 3.63) is 157 Å². The summed E-state index contributed by atoms with van der Waals surface area (Å²) >= 11 is 0. The van der Waals surface area contributed by atoms with Gasteiger partial charge in [0.15, 0.2) is 0 Å². The Balaban J connectivity index is 1.45. The van der Waals surface area contributed by atoms with Gasteiger partial charge in [0, 0.05) is 16.5 Å². The molecule has 0 saturated carbocycles. The van der Waals surface area contributed by atoms with Gasteiger partial charge in [-0.15, -0.1) is 0 Å². The summed E-state index contributed by atoms with van der Waals surface area (Å²) in [7, 11) is 0. The minimum absolute atomic E-state index is 1.10. The molecule has 1 heteroatoms. The second-order valence-electron chi connectivity index (χ2n) is 10.3. The standard InChI is InChI=1S/C38H25N/c1-25-31-16-8-9-17-32(31)35-23-36-33-18-10-11-19-37(33)39(38(36)24-34(25)35)30-21-28(26-12-4-2-5-13-26)20-29(22-30)27-14-6-3-7-15-27/h2-24H,1H2. The summed E-state index contributed by atoms with van der Waals surface area (Å²) < 4.78 is 2.43. The molecule has 1 nitrogen and oxygen atoms in total. The molecule has 1 aromatic heterocycles. The summed E-state index contributed by atoms with van der Waals surface area (Å²) in [6, 6.07) is 50.4. The van der Waals surface area contributed by atoms with Crippen molar-refractivity contribution < 1.29 is 0 Å². The molecular formula is C38H25N. The molecule has 0 unspecified atom stereocenters. The van der Waals surface area contributed by atoms with Crippen LogP contribution in [0.15, 0.2) is 146 Å². The predicted molar refractivity (Wildman–Crippen MR) is 165 cm³/mol. The van der Waals surface area contributed by atoms with Crippen LogP contribution in [-0.2, 0) is 0 Å². The highest BCUT2D eigenvalue weighted by molar-refractivity contribution is 6.14. The number of para-hydroxylation sites is 1. The van der Waals surface area contributed by atoms with E-state index >= 15 is 0 Å². The zero-order chi connectivity index (χ0) is 25.9. The van der Waals surface area contributed by atoms with Crippen molar-refractivity contribution >= 4 is 27.4 Å². The van der Waals surface area contributed by atoms with Gasteiger partial charge in [0.05, 0.1) is 11.0 Å². The fourth-order valence-electron chi connectivity index (χ4n) is 6.23. The molecule has 0 spiro atoms. The highest BCUT2D eigenvalue weighted by Gasteiger charge is 2.24. The van der Waals surface area contributed by atoms with Crippen LogP contribution >= 0.6 is 0 Å². The van der Waals surface area contributed by atoms with E-state index < -0.39 is 0 Å². The third kappa shape index (κ3) is 3.34. The van der Waals surface area contributed by atoms with Crippen molar-refractivity contribution in [3.63, 3.8) is 0 Å². The number of hydrogen-bond acceptors (Lipinski definition) is 0. The molecule has 1 heterocycles. The highest BCUT2D eigenvalue weighted by atomic mass is 15.0. The monoisotopic (exact) mass is 495 g/mol. The van der Waals surface area contributed by atoms with Gasteiger partial charge in [-0.1, -0.05) is 110 Å². The van der Waals surface area contributed by atoms with Gasteiger partial charge < -0.3 is 4.57 Å². The van der Waals surface area contributed by atoms with E-state index in [2.05, 4.69) is 151 Å². The number of nitrogens with zero attached hydrogens (tertiary/aromatic N) is 1. The Labute approximate surface area is 227 Å². The summed E-state index contributed by atoms with van der Waals surface area (Å²) in [6.07, 6.45) is 0. The molecule has 7 aromatic rings. The quantitative estimate of drug-likeness (QED) is 0.230. The van der Waals surface area contributed by atoms with Crippen LogP contribution in [0, 0.1) is 0 Å². The average Bonchev–Trinajstić information content (AvgIpc) is 3.48. The van der Waals surface area contributed by atoms with E-state index in [1.165, 1.54) is 66.3 Å². The Kier molecular flexibility index (Phi) is 4.74. The first-order valence-corrected chi connectivity index (χ1v) is 13.4. The summed E-state index contributed by atoms with van der Waals surface area (Å²) in [5, 5.41) is 2.52. The molecule has 0 radical (unpaired) electrons. The van der Waals surface area contributed by atoms with Crippen LogP contribution in [-0.4, -0.2) is 4.57 Å². The van der Waals surface area contributed by atoms with Crippen molar-refractivity contribution in [2.24, 2.45) is 0 Å². The first-order chi connectivity index (χ1) is 19.3. The summed E-state index contributed by atoms with van der Waals surface area (Å²) in [6.45, 7) is 4.50. The number of rotatable bonds is 3. The summed E-state index contributed by atoms with van der Waals surface area (Å²) in [5.74, 6) is 0. The highest BCUT2D eigenvalue weighted by Crippen LogP contribution is 2.47. The summed E-state index contributed by atoms with van der Waals surface area (Å²) in [5.41, 5.74) is 14.5. The lowest BCUT2D eigenvalue weighted by Gasteiger charge is -2.14. The van der Waals surface area contributed by atoms with E-state index in [0.717, 1.165) is 11.3 Å². The van der Waals surface area contributed by atoms with Gasteiger partial charge in [-0.3, -0.25) is 0 Å². The van der Waals surface area contributed by atoms with Crippen molar-refractivity contribution in [3.8, 4) is 39.1 Å². The molecule has 182 valence electrons. The Morgan fingerprint density at radius 1 is 0.385 bits per heavy atom. The summed E-state index contributed by atoms with van der Waals surface area (Å²) in [4.78, 5) is 0. The van der Waals surface area contributed by atoms with Gasteiger partial charge in [-0.2, -0.15) is 0 Å². The second-order valence-corrected chi connectivity index (χ2v) is 10.3. The average molecular weight is 496 g/mol. The van der Waals surface area contributed by atoms with Gasteiger partial charge in [0.2, 0.25) is 0 Å². The lowest BCUT2D eigenvalue weighted by atomic mass is 9.98. The number of aromatic nitrogens is 1. The van der Waals surface area contributed by atoms with Crippen LogP contribution in [0.1, 0.15) is 11.1 Å². The first-order valence-electron chi connectivity index (χ1n) is 13.4. The molecule has 0 atom stereocenters.